The molecule has 1 saturated heterocycles. The van der Waals surface area contributed by atoms with Crippen molar-refractivity contribution >= 4 is 29.0 Å². The molecular weight excluding hydrogens is 374 g/mol. The minimum atomic E-state index is 0.0339. The zero-order valence-corrected chi connectivity index (χ0v) is 16.4. The van der Waals surface area contributed by atoms with E-state index in [2.05, 4.69) is 30.4 Å². The molecule has 4 rings (SSSR count). The molecule has 1 fully saturated rings. The van der Waals surface area contributed by atoms with Crippen molar-refractivity contribution in [1.82, 2.24) is 25.5 Å². The summed E-state index contributed by atoms with van der Waals surface area (Å²) in [4.78, 5) is 23.0. The van der Waals surface area contributed by atoms with Gasteiger partial charge in [0.05, 0.1) is 7.11 Å². The third-order valence-electron chi connectivity index (χ3n) is 5.08. The molecule has 0 spiro atoms. The highest BCUT2D eigenvalue weighted by atomic mass is 16.5. The number of amides is 1. The van der Waals surface area contributed by atoms with Crippen LogP contribution in [-0.4, -0.2) is 52.8 Å². The van der Waals surface area contributed by atoms with Crippen LogP contribution in [-0.2, 0) is 11.2 Å². The molecule has 0 bridgehead atoms. The van der Waals surface area contributed by atoms with Gasteiger partial charge in [-0.15, -0.1) is 5.10 Å². The maximum absolute atomic E-state index is 12.3. The van der Waals surface area contributed by atoms with Crippen LogP contribution in [0.5, 0.6) is 5.75 Å². The number of nitrogens with zero attached hydrogens (tertiary/aromatic N) is 4. The van der Waals surface area contributed by atoms with E-state index in [1.54, 1.807) is 7.11 Å². The fourth-order valence-corrected chi connectivity index (χ4v) is 3.64. The molecule has 154 valence electrons. The summed E-state index contributed by atoms with van der Waals surface area (Å²) in [5.41, 5.74) is 6.97. The van der Waals surface area contributed by atoms with Crippen LogP contribution in [0.4, 0.5) is 12.0 Å². The Labute approximate surface area is 167 Å². The number of nitrogen functional groups attached to an aromatic ring is 1. The van der Waals surface area contributed by atoms with Gasteiger partial charge < -0.3 is 25.1 Å². The Kier molecular flexibility index (Phi) is 5.50. The lowest BCUT2D eigenvalue weighted by atomic mass is 9.94. The minimum absolute atomic E-state index is 0.0339. The molecule has 1 amide bonds. The summed E-state index contributed by atoms with van der Waals surface area (Å²) in [7, 11) is 1.63. The Balaban J connectivity index is 1.30. The van der Waals surface area contributed by atoms with Crippen molar-refractivity contribution in [2.75, 3.05) is 37.4 Å². The van der Waals surface area contributed by atoms with Gasteiger partial charge in [-0.05, 0) is 30.9 Å². The number of anilines is 2. The first-order valence-electron chi connectivity index (χ1n) is 9.73. The zero-order chi connectivity index (χ0) is 20.2. The van der Waals surface area contributed by atoms with Crippen LogP contribution in [0.25, 0.3) is 11.1 Å². The van der Waals surface area contributed by atoms with E-state index in [1.165, 1.54) is 0 Å². The number of carbonyl (C=O) groups is 1. The Morgan fingerprint density at radius 2 is 2.34 bits per heavy atom. The molecule has 2 aromatic heterocycles. The number of H-pyrrole nitrogens is 1. The molecule has 0 saturated carbocycles. The minimum Gasteiger partial charge on any atom is -0.497 e. The van der Waals surface area contributed by atoms with E-state index in [0.29, 0.717) is 31.2 Å². The van der Waals surface area contributed by atoms with Gasteiger partial charge in [0.15, 0.2) is 5.58 Å². The number of piperidine rings is 1. The van der Waals surface area contributed by atoms with Crippen molar-refractivity contribution < 1.29 is 13.9 Å². The van der Waals surface area contributed by atoms with Crippen molar-refractivity contribution in [3.05, 3.63) is 24.0 Å². The molecule has 10 heteroatoms. The molecule has 10 nitrogen and oxygen atoms in total. The van der Waals surface area contributed by atoms with Crippen LogP contribution in [0, 0.1) is 5.92 Å². The van der Waals surface area contributed by atoms with Crippen LogP contribution >= 0.6 is 0 Å². The van der Waals surface area contributed by atoms with Crippen molar-refractivity contribution in [1.29, 1.82) is 0 Å². The molecule has 3 aromatic rings. The molecular formula is C19H25N7O3. The average Bonchev–Trinajstić information content (AvgIpc) is 3.33. The van der Waals surface area contributed by atoms with E-state index in [0.717, 1.165) is 42.8 Å². The van der Waals surface area contributed by atoms with Crippen LogP contribution in [0.2, 0.25) is 0 Å². The molecule has 1 atom stereocenters. The summed E-state index contributed by atoms with van der Waals surface area (Å²) in [6.07, 6.45) is 3.05. The number of oxazole rings is 1. The number of carbonyl (C=O) groups excluding carboxylic acids is 1. The Morgan fingerprint density at radius 3 is 3.14 bits per heavy atom. The van der Waals surface area contributed by atoms with Gasteiger partial charge in [0.25, 0.3) is 6.01 Å². The number of methoxy groups -OCH3 is 1. The van der Waals surface area contributed by atoms with E-state index in [9.17, 15) is 4.79 Å². The number of rotatable bonds is 7. The monoisotopic (exact) mass is 399 g/mol. The van der Waals surface area contributed by atoms with E-state index < -0.39 is 0 Å². The van der Waals surface area contributed by atoms with Gasteiger partial charge in [0.1, 0.15) is 17.1 Å². The van der Waals surface area contributed by atoms with Gasteiger partial charge in [-0.1, -0.05) is 0 Å². The Morgan fingerprint density at radius 1 is 1.45 bits per heavy atom. The number of hydrogen-bond acceptors (Lipinski definition) is 8. The standard InChI is InChI=1S/C19H25N7O3/c1-28-13-4-5-15-14(10-13)22-19(29-15)26-8-2-3-12(11-26)9-17(27)21-7-6-16-23-18(20)25-24-16/h4-5,10,12H,2-3,6-9,11H2,1H3,(H,21,27)(H3,20,23,24,25). The Bertz CT molecular complexity index is 983. The van der Waals surface area contributed by atoms with E-state index in [1.807, 2.05) is 18.2 Å². The van der Waals surface area contributed by atoms with Crippen molar-refractivity contribution in [3.63, 3.8) is 0 Å². The van der Waals surface area contributed by atoms with Gasteiger partial charge in [-0.2, -0.15) is 9.97 Å². The molecule has 1 aliphatic heterocycles. The lowest BCUT2D eigenvalue weighted by molar-refractivity contribution is -0.122. The third-order valence-corrected chi connectivity index (χ3v) is 5.08. The second-order valence-corrected chi connectivity index (χ2v) is 7.23. The second kappa shape index (κ2) is 8.38. The average molecular weight is 399 g/mol. The van der Waals surface area contributed by atoms with E-state index in [4.69, 9.17) is 14.9 Å². The maximum Gasteiger partial charge on any atom is 0.298 e. The smallest absolute Gasteiger partial charge is 0.298 e. The lowest BCUT2D eigenvalue weighted by Gasteiger charge is -2.31. The number of benzene rings is 1. The number of hydrogen-bond donors (Lipinski definition) is 3. The van der Waals surface area contributed by atoms with Gasteiger partial charge in [-0.3, -0.25) is 9.89 Å². The molecule has 4 N–H and O–H groups in total. The van der Waals surface area contributed by atoms with Crippen molar-refractivity contribution in [2.24, 2.45) is 5.92 Å². The summed E-state index contributed by atoms with van der Waals surface area (Å²) in [6, 6.07) is 6.18. The number of nitrogens with one attached hydrogen (secondary N) is 2. The summed E-state index contributed by atoms with van der Waals surface area (Å²) in [5, 5.41) is 9.44. The van der Waals surface area contributed by atoms with Gasteiger partial charge >= 0.3 is 0 Å². The maximum atomic E-state index is 12.3. The lowest BCUT2D eigenvalue weighted by Crippen LogP contribution is -2.38. The predicted octanol–water partition coefficient (Wildman–Crippen LogP) is 1.50. The molecule has 0 radical (unpaired) electrons. The molecule has 1 unspecified atom stereocenters. The number of aromatic nitrogens is 4. The zero-order valence-electron chi connectivity index (χ0n) is 16.4. The van der Waals surface area contributed by atoms with Crippen LogP contribution < -0.4 is 20.7 Å². The van der Waals surface area contributed by atoms with Crippen LogP contribution in [0.15, 0.2) is 22.6 Å². The predicted molar refractivity (Wildman–Crippen MR) is 108 cm³/mol. The van der Waals surface area contributed by atoms with Gasteiger partial charge in [-0.25, -0.2) is 0 Å². The van der Waals surface area contributed by atoms with E-state index >= 15 is 0 Å². The van der Waals surface area contributed by atoms with Crippen molar-refractivity contribution in [3.8, 4) is 5.75 Å². The SMILES string of the molecule is COc1ccc2oc(N3CCCC(CC(=O)NCCc4nc(N)n[nH]4)C3)nc2c1. The summed E-state index contributed by atoms with van der Waals surface area (Å²) in [5.74, 6) is 1.92. The fourth-order valence-electron chi connectivity index (χ4n) is 3.64. The third kappa shape index (κ3) is 4.58. The molecule has 1 aliphatic rings. The summed E-state index contributed by atoms with van der Waals surface area (Å²) in [6.45, 7) is 2.11. The molecule has 0 aliphatic carbocycles. The van der Waals surface area contributed by atoms with Gasteiger partial charge in [0, 0.05) is 38.5 Å². The molecule has 3 heterocycles. The first-order valence-corrected chi connectivity index (χ1v) is 9.73. The van der Waals surface area contributed by atoms with E-state index in [-0.39, 0.29) is 17.8 Å². The molecule has 29 heavy (non-hydrogen) atoms. The largest absolute Gasteiger partial charge is 0.497 e. The number of fused-ring (bicyclic) bond motifs is 1. The Hall–Kier alpha value is -3.30. The molecule has 1 aromatic carbocycles. The quantitative estimate of drug-likeness (QED) is 0.544. The fraction of sp³-hybridized carbons (Fsp3) is 0.474. The van der Waals surface area contributed by atoms with Crippen LogP contribution in [0.1, 0.15) is 25.1 Å². The van der Waals surface area contributed by atoms with Crippen molar-refractivity contribution in [2.45, 2.75) is 25.7 Å². The van der Waals surface area contributed by atoms with Crippen LogP contribution in [0.3, 0.4) is 0 Å². The highest BCUT2D eigenvalue weighted by Crippen LogP contribution is 2.29. The number of aromatic amines is 1. The topological polar surface area (TPSA) is 135 Å². The highest BCUT2D eigenvalue weighted by Gasteiger charge is 2.25. The number of nitrogens with two attached hydrogens (primary N) is 1. The number of ether oxygens (including phenoxy) is 1. The first-order chi connectivity index (χ1) is 14.1. The normalized spacial score (nSPS) is 16.9. The van der Waals surface area contributed by atoms with Gasteiger partial charge in [0.2, 0.25) is 11.9 Å². The first kappa shape index (κ1) is 19.0. The summed E-state index contributed by atoms with van der Waals surface area (Å²) >= 11 is 0. The summed E-state index contributed by atoms with van der Waals surface area (Å²) < 4.78 is 11.2. The highest BCUT2D eigenvalue weighted by molar-refractivity contribution is 5.77. The second-order valence-electron chi connectivity index (χ2n) is 7.23.